The van der Waals surface area contributed by atoms with Gasteiger partial charge in [-0.1, -0.05) is 91.0 Å². The number of imidazole rings is 1. The van der Waals surface area contributed by atoms with Crippen LogP contribution in [0.4, 0.5) is 0 Å². The molecule has 5 nitrogen and oxygen atoms in total. The summed E-state index contributed by atoms with van der Waals surface area (Å²) in [7, 11) is 0. The van der Waals surface area contributed by atoms with Crippen molar-refractivity contribution in [3.05, 3.63) is 176 Å². The van der Waals surface area contributed by atoms with Crippen LogP contribution in [-0.2, 0) is 0 Å². The van der Waals surface area contributed by atoms with Crippen LogP contribution >= 0.6 is 11.3 Å². The molecule has 0 aliphatic carbocycles. The van der Waals surface area contributed by atoms with Crippen molar-refractivity contribution in [2.45, 2.75) is 0 Å². The molecule has 0 aliphatic heterocycles. The summed E-state index contributed by atoms with van der Waals surface area (Å²) in [6, 6.07) is 54.0. The van der Waals surface area contributed by atoms with E-state index in [1.807, 2.05) is 54.2 Å². The van der Waals surface area contributed by atoms with Gasteiger partial charge in [0.15, 0.2) is 5.82 Å². The Kier molecular flexibility index (Phi) is 6.66. The molecular formula is C47H29N5S. The molecule has 0 amide bonds. The van der Waals surface area contributed by atoms with Crippen LogP contribution in [0.1, 0.15) is 0 Å². The summed E-state index contributed by atoms with van der Waals surface area (Å²) in [5, 5.41) is 4.86. The lowest BCUT2D eigenvalue weighted by molar-refractivity contribution is 1.15. The molecule has 53 heavy (non-hydrogen) atoms. The topological polar surface area (TPSA) is 48.0 Å². The highest BCUT2D eigenvalue weighted by atomic mass is 32.1. The summed E-state index contributed by atoms with van der Waals surface area (Å²) in [5.41, 5.74) is 12.0. The van der Waals surface area contributed by atoms with Gasteiger partial charge < -0.3 is 8.97 Å². The third-order valence-electron chi connectivity index (χ3n) is 10.3. The standard InChI is InChI=1S/C47H29N5S/c1-3-10-30(11-4-1)33-17-21-41-38(27-33)44-45(52(41)35-19-15-32(16-20-35)40-29-51-25-8-7-14-43(51)50-40)39(47-48-23-9-24-49-47)28-37-36-26-34(31-12-5-2-6-13-31)18-22-42(36)53-46(37)44/h1-29H. The minimum Gasteiger partial charge on any atom is -0.308 e. The third-order valence-corrected chi connectivity index (χ3v) is 11.5. The first kappa shape index (κ1) is 29.8. The number of fused-ring (bicyclic) bond motifs is 8. The number of nitrogens with zero attached hydrogens (tertiary/aromatic N) is 5. The average molecular weight is 696 g/mol. The Morgan fingerprint density at radius 3 is 1.94 bits per heavy atom. The van der Waals surface area contributed by atoms with Gasteiger partial charge in [0.1, 0.15) is 5.65 Å². The van der Waals surface area contributed by atoms with Gasteiger partial charge in [-0.3, -0.25) is 0 Å². The monoisotopic (exact) mass is 695 g/mol. The highest BCUT2D eigenvalue weighted by Crippen LogP contribution is 2.48. The molecule has 0 atom stereocenters. The maximum absolute atomic E-state index is 4.89. The normalized spacial score (nSPS) is 11.8. The fourth-order valence-electron chi connectivity index (χ4n) is 7.79. The number of hydrogen-bond donors (Lipinski definition) is 0. The van der Waals surface area contributed by atoms with Gasteiger partial charge >= 0.3 is 0 Å². The van der Waals surface area contributed by atoms with E-state index in [2.05, 4.69) is 143 Å². The predicted octanol–water partition coefficient (Wildman–Crippen LogP) is 12.3. The molecule has 0 saturated heterocycles. The Hall–Kier alpha value is -6.89. The largest absolute Gasteiger partial charge is 0.308 e. The van der Waals surface area contributed by atoms with Crippen molar-refractivity contribution in [1.82, 2.24) is 23.9 Å². The number of aromatic nitrogens is 5. The van der Waals surface area contributed by atoms with Crippen molar-refractivity contribution < 1.29 is 0 Å². The second-order valence-electron chi connectivity index (χ2n) is 13.3. The maximum atomic E-state index is 4.89. The van der Waals surface area contributed by atoms with E-state index < -0.39 is 0 Å². The summed E-state index contributed by atoms with van der Waals surface area (Å²) in [6.45, 7) is 0. The highest BCUT2D eigenvalue weighted by Gasteiger charge is 2.23. The zero-order valence-corrected chi connectivity index (χ0v) is 29.2. The van der Waals surface area contributed by atoms with Gasteiger partial charge in [0.05, 0.1) is 16.7 Å². The van der Waals surface area contributed by atoms with Crippen LogP contribution in [0.25, 0.3) is 98.2 Å². The molecule has 5 aromatic heterocycles. The SMILES string of the molecule is c1ccc(-c2ccc3sc4c(cc(-c5ncccn5)c5c4c4cc(-c6ccccc6)ccc4n5-c4ccc(-c5cn6ccccc6n5)cc4)c3c2)cc1. The van der Waals surface area contributed by atoms with E-state index in [9.17, 15) is 0 Å². The first-order chi connectivity index (χ1) is 26.3. The molecule has 5 heterocycles. The molecule has 11 aromatic rings. The van der Waals surface area contributed by atoms with Crippen LogP contribution in [0.2, 0.25) is 0 Å². The first-order valence-electron chi connectivity index (χ1n) is 17.7. The van der Waals surface area contributed by atoms with Crippen molar-refractivity contribution in [3.63, 3.8) is 0 Å². The highest BCUT2D eigenvalue weighted by molar-refractivity contribution is 7.26. The smallest absolute Gasteiger partial charge is 0.161 e. The number of benzene rings is 6. The zero-order valence-electron chi connectivity index (χ0n) is 28.4. The fraction of sp³-hybridized carbons (Fsp3) is 0. The fourth-order valence-corrected chi connectivity index (χ4v) is 9.01. The lowest BCUT2D eigenvalue weighted by atomic mass is 9.99. The molecule has 6 aromatic carbocycles. The number of pyridine rings is 1. The Labute approximate surface area is 308 Å². The molecule has 0 unspecified atom stereocenters. The molecule has 11 rings (SSSR count). The van der Waals surface area contributed by atoms with Gasteiger partial charge in [0, 0.05) is 72.5 Å². The van der Waals surface area contributed by atoms with Gasteiger partial charge in [0.25, 0.3) is 0 Å². The zero-order chi connectivity index (χ0) is 34.9. The molecule has 0 radical (unpaired) electrons. The van der Waals surface area contributed by atoms with E-state index in [1.54, 1.807) is 0 Å². The van der Waals surface area contributed by atoms with E-state index in [-0.39, 0.29) is 0 Å². The molecular weight excluding hydrogens is 667 g/mol. The summed E-state index contributed by atoms with van der Waals surface area (Å²) < 4.78 is 6.97. The van der Waals surface area contributed by atoms with E-state index in [0.717, 1.165) is 39.2 Å². The quantitative estimate of drug-likeness (QED) is 0.180. The Bertz CT molecular complexity index is 3110. The summed E-state index contributed by atoms with van der Waals surface area (Å²) >= 11 is 1.86. The summed E-state index contributed by atoms with van der Waals surface area (Å²) in [4.78, 5) is 14.6. The first-order valence-corrected chi connectivity index (χ1v) is 18.5. The van der Waals surface area contributed by atoms with Gasteiger partial charge in [-0.15, -0.1) is 11.3 Å². The van der Waals surface area contributed by atoms with Crippen LogP contribution in [0.5, 0.6) is 0 Å². The number of thiophene rings is 1. The van der Waals surface area contributed by atoms with Crippen molar-refractivity contribution in [3.8, 4) is 50.6 Å². The second-order valence-corrected chi connectivity index (χ2v) is 14.4. The van der Waals surface area contributed by atoms with E-state index in [4.69, 9.17) is 15.0 Å². The van der Waals surface area contributed by atoms with Crippen LogP contribution in [-0.4, -0.2) is 23.9 Å². The third kappa shape index (κ3) is 4.80. The Morgan fingerprint density at radius 1 is 0.528 bits per heavy atom. The van der Waals surface area contributed by atoms with E-state index in [1.165, 1.54) is 53.2 Å². The molecule has 0 bridgehead atoms. The maximum Gasteiger partial charge on any atom is 0.161 e. The van der Waals surface area contributed by atoms with Gasteiger partial charge in [-0.25, -0.2) is 15.0 Å². The van der Waals surface area contributed by atoms with Gasteiger partial charge in [-0.05, 0) is 82.9 Å². The average Bonchev–Trinajstić information content (AvgIpc) is 3.93. The summed E-state index contributed by atoms with van der Waals surface area (Å²) in [5.74, 6) is 0.701. The van der Waals surface area contributed by atoms with Crippen molar-refractivity contribution >= 4 is 59.0 Å². The van der Waals surface area contributed by atoms with Crippen LogP contribution in [0, 0.1) is 0 Å². The Morgan fingerprint density at radius 2 is 1.21 bits per heavy atom. The van der Waals surface area contributed by atoms with Crippen LogP contribution in [0.15, 0.2) is 176 Å². The lowest BCUT2D eigenvalue weighted by Crippen LogP contribution is -1.97. The molecule has 0 aliphatic rings. The van der Waals surface area contributed by atoms with Crippen molar-refractivity contribution in [2.75, 3.05) is 0 Å². The second kappa shape index (κ2) is 11.8. The minimum absolute atomic E-state index is 0.701. The predicted molar refractivity (Wildman–Crippen MR) is 220 cm³/mol. The van der Waals surface area contributed by atoms with E-state index >= 15 is 0 Å². The van der Waals surface area contributed by atoms with Crippen LogP contribution in [0.3, 0.4) is 0 Å². The number of rotatable bonds is 5. The van der Waals surface area contributed by atoms with Crippen molar-refractivity contribution in [1.29, 1.82) is 0 Å². The van der Waals surface area contributed by atoms with Crippen LogP contribution < -0.4 is 0 Å². The van der Waals surface area contributed by atoms with E-state index in [0.29, 0.717) is 5.82 Å². The lowest BCUT2D eigenvalue weighted by Gasteiger charge is -2.12. The molecule has 6 heteroatoms. The molecule has 0 saturated carbocycles. The molecule has 0 spiro atoms. The van der Waals surface area contributed by atoms with Gasteiger partial charge in [-0.2, -0.15) is 0 Å². The minimum atomic E-state index is 0.701. The number of hydrogen-bond acceptors (Lipinski definition) is 4. The summed E-state index contributed by atoms with van der Waals surface area (Å²) in [6.07, 6.45) is 7.79. The Balaban J connectivity index is 1.23. The van der Waals surface area contributed by atoms with Gasteiger partial charge in [0.2, 0.25) is 0 Å². The molecule has 0 fully saturated rings. The molecule has 0 N–H and O–H groups in total. The van der Waals surface area contributed by atoms with Crippen molar-refractivity contribution in [2.24, 2.45) is 0 Å². The molecule has 248 valence electrons.